The van der Waals surface area contributed by atoms with Crippen LogP contribution in [0.1, 0.15) is 22.3 Å². The molecule has 1 saturated heterocycles. The number of amides is 3. The topological polar surface area (TPSA) is 75.7 Å². The number of thioether (sulfide) groups is 1. The molecule has 5 rings (SSSR count). The highest BCUT2D eigenvalue weighted by Crippen LogP contribution is 2.34. The number of hydrogen-bond acceptors (Lipinski definition) is 5. The van der Waals surface area contributed by atoms with Crippen LogP contribution in [0.4, 0.5) is 10.5 Å². The Morgan fingerprint density at radius 1 is 0.974 bits per heavy atom. The van der Waals surface area contributed by atoms with Crippen molar-refractivity contribution >= 4 is 67.3 Å². The highest BCUT2D eigenvalue weighted by Gasteiger charge is 2.35. The van der Waals surface area contributed by atoms with Crippen LogP contribution in [0.2, 0.25) is 0 Å². The van der Waals surface area contributed by atoms with E-state index in [1.165, 1.54) is 4.90 Å². The third kappa shape index (κ3) is 6.08. The number of ether oxygens (including phenoxy) is 1. The van der Waals surface area contributed by atoms with Crippen LogP contribution in [0, 0.1) is 13.8 Å². The molecule has 1 aliphatic rings. The summed E-state index contributed by atoms with van der Waals surface area (Å²) in [4.78, 5) is 39.8. The van der Waals surface area contributed by atoms with E-state index in [1.807, 2.05) is 68.4 Å². The van der Waals surface area contributed by atoms with Gasteiger partial charge >= 0.3 is 0 Å². The van der Waals surface area contributed by atoms with E-state index in [0.29, 0.717) is 16.3 Å². The number of hydrogen-bond donors (Lipinski definition) is 1. The average molecular weight is 602 g/mol. The first-order valence-electron chi connectivity index (χ1n) is 12.3. The highest BCUT2D eigenvalue weighted by molar-refractivity contribution is 9.10. The van der Waals surface area contributed by atoms with E-state index in [1.54, 1.807) is 30.3 Å². The smallest absolute Gasteiger partial charge is 0.293 e. The van der Waals surface area contributed by atoms with Gasteiger partial charge in [-0.25, -0.2) is 0 Å². The molecule has 8 heteroatoms. The summed E-state index contributed by atoms with van der Waals surface area (Å²) in [6.07, 6.45) is 1.70. The fourth-order valence-corrected chi connectivity index (χ4v) is 5.66. The molecule has 0 atom stereocenters. The second-order valence-electron chi connectivity index (χ2n) is 9.23. The molecule has 196 valence electrons. The van der Waals surface area contributed by atoms with E-state index in [2.05, 4.69) is 21.2 Å². The number of nitrogens with zero attached hydrogens (tertiary/aromatic N) is 1. The van der Waals surface area contributed by atoms with Gasteiger partial charge in [-0.2, -0.15) is 0 Å². The maximum Gasteiger partial charge on any atom is 0.293 e. The number of nitrogens with one attached hydrogen (secondary N) is 1. The number of imide groups is 1. The average Bonchev–Trinajstić information content (AvgIpc) is 3.18. The molecule has 39 heavy (non-hydrogen) atoms. The van der Waals surface area contributed by atoms with Crippen LogP contribution in [0.25, 0.3) is 16.8 Å². The maximum atomic E-state index is 13.1. The van der Waals surface area contributed by atoms with E-state index in [4.69, 9.17) is 4.74 Å². The second-order valence-corrected chi connectivity index (χ2v) is 11.1. The van der Waals surface area contributed by atoms with Gasteiger partial charge in [-0.15, -0.1) is 0 Å². The van der Waals surface area contributed by atoms with Crippen LogP contribution in [-0.2, 0) is 16.1 Å². The lowest BCUT2D eigenvalue weighted by molar-refractivity contribution is -0.123. The van der Waals surface area contributed by atoms with Gasteiger partial charge < -0.3 is 10.1 Å². The number of halogens is 1. The van der Waals surface area contributed by atoms with E-state index in [9.17, 15) is 14.4 Å². The van der Waals surface area contributed by atoms with Crippen LogP contribution in [-0.4, -0.2) is 28.6 Å². The van der Waals surface area contributed by atoms with Gasteiger partial charge in [0.15, 0.2) is 6.61 Å². The third-order valence-corrected chi connectivity index (χ3v) is 8.05. The van der Waals surface area contributed by atoms with Gasteiger partial charge in [-0.05, 0) is 105 Å². The Kier molecular flexibility index (Phi) is 7.86. The van der Waals surface area contributed by atoms with Crippen LogP contribution in [0.5, 0.6) is 5.75 Å². The Morgan fingerprint density at radius 3 is 2.49 bits per heavy atom. The molecule has 0 saturated carbocycles. The molecule has 0 aliphatic carbocycles. The minimum atomic E-state index is -0.313. The summed E-state index contributed by atoms with van der Waals surface area (Å²) in [7, 11) is 0. The molecule has 1 heterocycles. The van der Waals surface area contributed by atoms with Gasteiger partial charge in [0.2, 0.25) is 0 Å². The summed E-state index contributed by atoms with van der Waals surface area (Å²) in [5.41, 5.74) is 4.58. The molecule has 0 bridgehead atoms. The number of anilines is 1. The molecular weight excluding hydrogens is 576 g/mol. The molecule has 0 unspecified atom stereocenters. The lowest BCUT2D eigenvalue weighted by atomic mass is 10.0. The number of rotatable bonds is 7. The van der Waals surface area contributed by atoms with Crippen molar-refractivity contribution in [3.63, 3.8) is 0 Å². The second kappa shape index (κ2) is 11.5. The van der Waals surface area contributed by atoms with Crippen molar-refractivity contribution in [2.24, 2.45) is 0 Å². The molecule has 3 amide bonds. The fraction of sp³-hybridized carbons (Fsp3) is 0.129. The number of benzene rings is 4. The van der Waals surface area contributed by atoms with Gasteiger partial charge in [0.25, 0.3) is 17.1 Å². The SMILES string of the molecule is Cc1cc(Br)c(NC(=O)COc2ccc(/C=C3/SC(=O)N(Cc4cccc5ccccc45)C3=O)cc2)cc1C. The molecule has 1 fully saturated rings. The minimum absolute atomic E-state index is 0.147. The van der Waals surface area contributed by atoms with Crippen molar-refractivity contribution in [2.75, 3.05) is 11.9 Å². The molecule has 6 nitrogen and oxygen atoms in total. The van der Waals surface area contributed by atoms with Crippen LogP contribution in [0.3, 0.4) is 0 Å². The Morgan fingerprint density at radius 2 is 1.69 bits per heavy atom. The maximum absolute atomic E-state index is 13.1. The van der Waals surface area contributed by atoms with Gasteiger partial charge in [0, 0.05) is 4.47 Å². The minimum Gasteiger partial charge on any atom is -0.484 e. The van der Waals surface area contributed by atoms with E-state index in [0.717, 1.165) is 49.3 Å². The zero-order valence-electron chi connectivity index (χ0n) is 21.4. The Balaban J connectivity index is 1.21. The predicted octanol–water partition coefficient (Wildman–Crippen LogP) is 7.47. The van der Waals surface area contributed by atoms with E-state index in [-0.39, 0.29) is 30.2 Å². The molecular formula is C31H25BrN2O4S. The number of carbonyl (C=O) groups is 3. The summed E-state index contributed by atoms with van der Waals surface area (Å²) in [6.45, 7) is 4.07. The van der Waals surface area contributed by atoms with E-state index >= 15 is 0 Å². The van der Waals surface area contributed by atoms with Crippen molar-refractivity contribution in [3.05, 3.63) is 110 Å². The van der Waals surface area contributed by atoms with Crippen molar-refractivity contribution < 1.29 is 19.1 Å². The monoisotopic (exact) mass is 600 g/mol. The summed E-state index contributed by atoms with van der Waals surface area (Å²) in [6, 6.07) is 24.7. The highest BCUT2D eigenvalue weighted by atomic mass is 79.9. The molecule has 0 spiro atoms. The van der Waals surface area contributed by atoms with Crippen LogP contribution < -0.4 is 10.1 Å². The number of aryl methyl sites for hydroxylation is 2. The van der Waals surface area contributed by atoms with Gasteiger partial charge in [0.05, 0.1) is 17.1 Å². The van der Waals surface area contributed by atoms with Crippen LogP contribution >= 0.6 is 27.7 Å². The molecule has 4 aromatic rings. The number of fused-ring (bicyclic) bond motifs is 1. The summed E-state index contributed by atoms with van der Waals surface area (Å²) < 4.78 is 6.44. The molecule has 1 aliphatic heterocycles. The first kappa shape index (κ1) is 26.7. The standard InChI is InChI=1S/C31H25BrN2O4S/c1-19-14-26(32)27(15-20(19)2)33-29(35)18-38-24-12-10-21(11-13-24)16-28-30(36)34(31(37)39-28)17-23-8-5-7-22-6-3-4-9-25(22)23/h3-16H,17-18H2,1-2H3,(H,33,35)/b28-16+. The normalized spacial score (nSPS) is 14.3. The zero-order valence-corrected chi connectivity index (χ0v) is 23.8. The van der Waals surface area contributed by atoms with Crippen molar-refractivity contribution in [2.45, 2.75) is 20.4 Å². The third-order valence-electron chi connectivity index (χ3n) is 6.49. The Hall–Kier alpha value is -3.88. The van der Waals surface area contributed by atoms with Crippen molar-refractivity contribution in [1.29, 1.82) is 0 Å². The van der Waals surface area contributed by atoms with Gasteiger partial charge in [-0.3, -0.25) is 19.3 Å². The molecule has 0 radical (unpaired) electrons. The fourth-order valence-electron chi connectivity index (χ4n) is 4.26. The molecule has 4 aromatic carbocycles. The molecule has 0 aromatic heterocycles. The lowest BCUT2D eigenvalue weighted by Crippen LogP contribution is -2.27. The van der Waals surface area contributed by atoms with Crippen molar-refractivity contribution in [3.8, 4) is 5.75 Å². The quantitative estimate of drug-likeness (QED) is 0.223. The van der Waals surface area contributed by atoms with Gasteiger partial charge in [0.1, 0.15) is 5.75 Å². The Bertz CT molecular complexity index is 1630. The summed E-state index contributed by atoms with van der Waals surface area (Å²) in [5.74, 6) is -0.0687. The van der Waals surface area contributed by atoms with Crippen molar-refractivity contribution in [1.82, 2.24) is 4.90 Å². The summed E-state index contributed by atoms with van der Waals surface area (Å²) >= 11 is 4.41. The first-order chi connectivity index (χ1) is 18.8. The predicted molar refractivity (Wildman–Crippen MR) is 160 cm³/mol. The van der Waals surface area contributed by atoms with Crippen LogP contribution in [0.15, 0.2) is 88.2 Å². The van der Waals surface area contributed by atoms with Gasteiger partial charge in [-0.1, -0.05) is 54.6 Å². The zero-order chi connectivity index (χ0) is 27.5. The first-order valence-corrected chi connectivity index (χ1v) is 13.9. The van der Waals surface area contributed by atoms with E-state index < -0.39 is 0 Å². The Labute approximate surface area is 239 Å². The largest absolute Gasteiger partial charge is 0.484 e. The molecule has 1 N–H and O–H groups in total. The lowest BCUT2D eigenvalue weighted by Gasteiger charge is -2.14. The summed E-state index contributed by atoms with van der Waals surface area (Å²) in [5, 5.41) is 4.65. The number of carbonyl (C=O) groups excluding carboxylic acids is 3.